The second-order valence-electron chi connectivity index (χ2n) is 6.46. The fourth-order valence-corrected chi connectivity index (χ4v) is 3.09. The van der Waals surface area contributed by atoms with Gasteiger partial charge in [0, 0.05) is 17.8 Å². The normalized spacial score (nSPS) is 14.8. The van der Waals surface area contributed by atoms with Crippen molar-refractivity contribution in [2.45, 2.75) is 0 Å². The van der Waals surface area contributed by atoms with E-state index in [-0.39, 0.29) is 12.2 Å². The summed E-state index contributed by atoms with van der Waals surface area (Å²) in [6.45, 7) is 2.60. The number of nitrogens with one attached hydrogen (secondary N) is 2. The fraction of sp³-hybridized carbons (Fsp3) is 0.278. The van der Waals surface area contributed by atoms with Crippen molar-refractivity contribution in [3.63, 3.8) is 0 Å². The molecule has 10 heteroatoms. The van der Waals surface area contributed by atoms with Crippen LogP contribution < -0.4 is 15.1 Å². The van der Waals surface area contributed by atoms with E-state index < -0.39 is 34.0 Å². The van der Waals surface area contributed by atoms with Crippen LogP contribution in [0.15, 0.2) is 36.4 Å². The molecule has 3 rings (SSSR count). The number of nitrogens with zero attached hydrogens (tertiary/aromatic N) is 2. The van der Waals surface area contributed by atoms with Crippen LogP contribution in [-0.2, 0) is 4.79 Å². The Labute approximate surface area is 158 Å². The van der Waals surface area contributed by atoms with E-state index in [9.17, 15) is 28.1 Å². The average Bonchev–Trinajstić information content (AvgIpc) is 2.69. The predicted molar refractivity (Wildman–Crippen MR) is 95.8 cm³/mol. The smallest absolute Gasteiger partial charge is 0.279 e. The summed E-state index contributed by atoms with van der Waals surface area (Å²) in [6.07, 6.45) is 0. The monoisotopic (exact) mass is 395 g/mol. The largest absolute Gasteiger partial charge is 0.360 e. The van der Waals surface area contributed by atoms with Gasteiger partial charge in [0.1, 0.15) is 0 Å². The van der Waals surface area contributed by atoms with E-state index in [1.54, 1.807) is 12.1 Å². The molecule has 7 nitrogen and oxygen atoms in total. The molecule has 28 heavy (non-hydrogen) atoms. The molecular formula is C18H18F3N4O3+. The van der Waals surface area contributed by atoms with Gasteiger partial charge in [0.05, 0.1) is 36.8 Å². The van der Waals surface area contributed by atoms with Crippen molar-refractivity contribution < 1.29 is 27.8 Å². The Morgan fingerprint density at radius 2 is 1.71 bits per heavy atom. The number of quaternary nitrogens is 1. The van der Waals surface area contributed by atoms with Gasteiger partial charge in [0.15, 0.2) is 24.0 Å². The summed E-state index contributed by atoms with van der Waals surface area (Å²) >= 11 is 0. The lowest BCUT2D eigenvalue weighted by atomic mass is 10.2. The van der Waals surface area contributed by atoms with Crippen LogP contribution in [-0.4, -0.2) is 43.6 Å². The van der Waals surface area contributed by atoms with Crippen molar-refractivity contribution in [2.24, 2.45) is 0 Å². The van der Waals surface area contributed by atoms with Crippen LogP contribution in [0.3, 0.4) is 0 Å². The molecule has 2 aromatic rings. The third kappa shape index (κ3) is 4.39. The summed E-state index contributed by atoms with van der Waals surface area (Å²) in [5.74, 6) is -4.86. The van der Waals surface area contributed by atoms with Crippen molar-refractivity contribution in [2.75, 3.05) is 42.9 Å². The highest BCUT2D eigenvalue weighted by molar-refractivity contribution is 5.91. The fourth-order valence-electron chi connectivity index (χ4n) is 3.09. The lowest BCUT2D eigenvalue weighted by Crippen LogP contribution is -3.15. The molecule has 2 N–H and O–H groups in total. The van der Waals surface area contributed by atoms with Crippen LogP contribution in [0.25, 0.3) is 0 Å². The van der Waals surface area contributed by atoms with Gasteiger partial charge in [-0.15, -0.1) is 0 Å². The first-order chi connectivity index (χ1) is 13.3. The van der Waals surface area contributed by atoms with E-state index in [2.05, 4.69) is 10.2 Å². The van der Waals surface area contributed by atoms with Gasteiger partial charge in [-0.3, -0.25) is 14.9 Å². The third-order valence-corrected chi connectivity index (χ3v) is 4.62. The number of piperazine rings is 1. The number of hydrogen-bond acceptors (Lipinski definition) is 4. The Kier molecular flexibility index (Phi) is 5.78. The van der Waals surface area contributed by atoms with Crippen LogP contribution in [0.4, 0.5) is 30.2 Å². The highest BCUT2D eigenvalue weighted by Crippen LogP contribution is 2.20. The average molecular weight is 395 g/mol. The van der Waals surface area contributed by atoms with Crippen molar-refractivity contribution in [3.05, 3.63) is 64.0 Å². The maximum atomic E-state index is 13.6. The summed E-state index contributed by atoms with van der Waals surface area (Å²) in [7, 11) is 0. The zero-order chi connectivity index (χ0) is 20.3. The number of carbonyl (C=O) groups excluding carboxylic acids is 1. The number of hydrogen-bond donors (Lipinski definition) is 2. The van der Waals surface area contributed by atoms with Crippen molar-refractivity contribution in [1.82, 2.24) is 0 Å². The molecule has 1 aliphatic heterocycles. The van der Waals surface area contributed by atoms with E-state index in [1.807, 2.05) is 0 Å². The van der Waals surface area contributed by atoms with Gasteiger partial charge in [-0.1, -0.05) is 0 Å². The Morgan fingerprint density at radius 3 is 2.32 bits per heavy atom. The molecule has 2 aromatic carbocycles. The second kappa shape index (κ2) is 8.26. The Balaban J connectivity index is 1.52. The van der Waals surface area contributed by atoms with Gasteiger partial charge >= 0.3 is 0 Å². The quantitative estimate of drug-likeness (QED) is 0.455. The Bertz CT molecular complexity index is 884. The van der Waals surface area contributed by atoms with Crippen LogP contribution in [0.5, 0.6) is 0 Å². The SMILES string of the molecule is O=C(C[NH+]1CCN(c2ccc([N+](=O)[O-])cc2)CC1)Nc1ccc(F)c(F)c1F. The van der Waals surface area contributed by atoms with Crippen molar-refractivity contribution >= 4 is 23.0 Å². The second-order valence-corrected chi connectivity index (χ2v) is 6.46. The van der Waals surface area contributed by atoms with Crippen molar-refractivity contribution in [3.8, 4) is 0 Å². The molecule has 0 radical (unpaired) electrons. The third-order valence-electron chi connectivity index (χ3n) is 4.62. The zero-order valence-corrected chi connectivity index (χ0v) is 14.8. The maximum Gasteiger partial charge on any atom is 0.279 e. The van der Waals surface area contributed by atoms with Gasteiger partial charge in [-0.25, -0.2) is 13.2 Å². The van der Waals surface area contributed by atoms with Gasteiger partial charge < -0.3 is 15.1 Å². The number of non-ortho nitro benzene ring substituents is 1. The van der Waals surface area contributed by atoms with E-state index >= 15 is 0 Å². The molecule has 0 bridgehead atoms. The number of carbonyl (C=O) groups is 1. The summed E-state index contributed by atoms with van der Waals surface area (Å²) in [4.78, 5) is 25.4. The zero-order valence-electron chi connectivity index (χ0n) is 14.8. The molecule has 148 valence electrons. The number of nitro groups is 1. The van der Waals surface area contributed by atoms with Crippen LogP contribution in [0.1, 0.15) is 0 Å². The standard InChI is InChI=1S/C18H17F3N4O3/c19-14-5-6-15(18(21)17(14)20)22-16(26)11-23-7-9-24(10-8-23)12-1-3-13(4-2-12)25(27)28/h1-6H,7-11H2,(H,22,26)/p+1. The molecule has 1 fully saturated rings. The number of halogens is 3. The van der Waals surface area contributed by atoms with Gasteiger partial charge in [-0.05, 0) is 24.3 Å². The number of amides is 1. The first kappa shape index (κ1) is 19.6. The minimum atomic E-state index is -1.62. The van der Waals surface area contributed by atoms with Gasteiger partial charge in [-0.2, -0.15) is 0 Å². The van der Waals surface area contributed by atoms with Crippen LogP contribution >= 0.6 is 0 Å². The minimum Gasteiger partial charge on any atom is -0.360 e. The van der Waals surface area contributed by atoms with Crippen LogP contribution in [0.2, 0.25) is 0 Å². The lowest BCUT2D eigenvalue weighted by Gasteiger charge is -2.33. The molecule has 1 aliphatic rings. The van der Waals surface area contributed by atoms with E-state index in [0.717, 1.165) is 22.7 Å². The highest BCUT2D eigenvalue weighted by atomic mass is 19.2. The molecule has 0 aromatic heterocycles. The Hall–Kier alpha value is -3.14. The first-order valence-corrected chi connectivity index (χ1v) is 8.61. The molecular weight excluding hydrogens is 377 g/mol. The summed E-state index contributed by atoms with van der Waals surface area (Å²) in [5, 5.41) is 13.0. The molecule has 1 saturated heterocycles. The summed E-state index contributed by atoms with van der Waals surface area (Å²) in [6, 6.07) is 7.98. The maximum absolute atomic E-state index is 13.6. The number of nitro benzene ring substituents is 1. The molecule has 0 aliphatic carbocycles. The number of rotatable bonds is 5. The molecule has 0 unspecified atom stereocenters. The van der Waals surface area contributed by atoms with Crippen LogP contribution in [0, 0.1) is 27.6 Å². The van der Waals surface area contributed by atoms with Gasteiger partial charge in [0.2, 0.25) is 0 Å². The molecule has 1 amide bonds. The minimum absolute atomic E-state index is 0.0224. The molecule has 0 spiro atoms. The first-order valence-electron chi connectivity index (χ1n) is 8.61. The number of benzene rings is 2. The topological polar surface area (TPSA) is 79.9 Å². The molecule has 1 heterocycles. The number of anilines is 2. The highest BCUT2D eigenvalue weighted by Gasteiger charge is 2.24. The van der Waals surface area contributed by atoms with Crippen molar-refractivity contribution in [1.29, 1.82) is 0 Å². The summed E-state index contributed by atoms with van der Waals surface area (Å²) in [5.41, 5.74) is 0.486. The predicted octanol–water partition coefficient (Wildman–Crippen LogP) is 1.36. The van der Waals surface area contributed by atoms with E-state index in [0.29, 0.717) is 26.2 Å². The van der Waals surface area contributed by atoms with E-state index in [4.69, 9.17) is 0 Å². The van der Waals surface area contributed by atoms with E-state index in [1.165, 1.54) is 12.1 Å². The molecule has 0 saturated carbocycles. The van der Waals surface area contributed by atoms with Gasteiger partial charge in [0.25, 0.3) is 11.6 Å². The molecule has 0 atom stereocenters. The Morgan fingerprint density at radius 1 is 1.07 bits per heavy atom. The lowest BCUT2D eigenvalue weighted by molar-refractivity contribution is -0.892. The summed E-state index contributed by atoms with van der Waals surface area (Å²) < 4.78 is 39.8.